The smallest absolute Gasteiger partial charge is 0.0975 e. The highest BCUT2D eigenvalue weighted by Gasteiger charge is 2.23. The van der Waals surface area contributed by atoms with Crippen molar-refractivity contribution < 1.29 is 4.21 Å². The Kier molecular flexibility index (Phi) is 4.31. The molecule has 1 saturated carbocycles. The minimum absolute atomic E-state index is 0.0843. The topological polar surface area (TPSA) is 41.1 Å². The Hall–Kier alpha value is -0.870. The van der Waals surface area contributed by atoms with E-state index in [1.54, 1.807) is 0 Å². The fourth-order valence-electron chi connectivity index (χ4n) is 1.77. The molecule has 4 heteroatoms. The highest BCUT2D eigenvalue weighted by molar-refractivity contribution is 7.84. The third kappa shape index (κ3) is 4.32. The average molecular weight is 280 g/mol. The molecule has 0 amide bonds. The van der Waals surface area contributed by atoms with Crippen LogP contribution in [-0.4, -0.2) is 15.0 Å². The minimum atomic E-state index is -1.04. The molecule has 0 heterocycles. The summed E-state index contributed by atoms with van der Waals surface area (Å²) in [4.78, 5) is 0. The first-order chi connectivity index (χ1) is 8.86. The minimum Gasteiger partial charge on any atom is -0.382 e. The predicted octanol–water partition coefficient (Wildman–Crippen LogP) is 3.37. The van der Waals surface area contributed by atoms with Crippen LogP contribution in [0.4, 0.5) is 5.69 Å². The number of benzene rings is 1. The van der Waals surface area contributed by atoms with Crippen molar-refractivity contribution in [2.75, 3.05) is 5.32 Å². The van der Waals surface area contributed by atoms with E-state index in [0.29, 0.717) is 6.04 Å². The van der Waals surface area contributed by atoms with E-state index in [4.69, 9.17) is 0 Å². The third-order valence-electron chi connectivity index (χ3n) is 3.17. The molecule has 1 unspecified atom stereocenters. The van der Waals surface area contributed by atoms with Crippen LogP contribution < -0.4 is 10.0 Å². The van der Waals surface area contributed by atoms with Crippen LogP contribution in [0, 0.1) is 0 Å². The van der Waals surface area contributed by atoms with Crippen LogP contribution in [0.25, 0.3) is 0 Å². The van der Waals surface area contributed by atoms with E-state index in [0.717, 1.165) is 5.69 Å². The monoisotopic (exact) mass is 280 g/mol. The first kappa shape index (κ1) is 14.5. The molecule has 2 N–H and O–H groups in total. The van der Waals surface area contributed by atoms with Gasteiger partial charge in [-0.2, -0.15) is 0 Å². The van der Waals surface area contributed by atoms with Crippen LogP contribution in [0.2, 0.25) is 0 Å². The molecule has 106 valence electrons. The fraction of sp³-hybridized carbons (Fsp3) is 0.600. The number of anilines is 1. The average Bonchev–Trinajstić information content (AvgIpc) is 3.12. The number of rotatable bonds is 5. The zero-order valence-electron chi connectivity index (χ0n) is 12.2. The molecule has 2 rings (SSSR count). The van der Waals surface area contributed by atoms with E-state index in [2.05, 4.69) is 41.2 Å². The summed E-state index contributed by atoms with van der Waals surface area (Å²) in [6.45, 7) is 8.00. The molecule has 1 aromatic carbocycles. The maximum atomic E-state index is 12.1. The Morgan fingerprint density at radius 1 is 1.32 bits per heavy atom. The molecule has 1 aliphatic carbocycles. The van der Waals surface area contributed by atoms with Gasteiger partial charge in [-0.25, -0.2) is 8.93 Å². The summed E-state index contributed by atoms with van der Waals surface area (Å²) in [5.74, 6) is 0. The van der Waals surface area contributed by atoms with E-state index in [1.807, 2.05) is 20.8 Å². The van der Waals surface area contributed by atoms with Crippen molar-refractivity contribution in [3.05, 3.63) is 29.8 Å². The van der Waals surface area contributed by atoms with Crippen LogP contribution in [-0.2, 0) is 11.0 Å². The van der Waals surface area contributed by atoms with E-state index >= 15 is 0 Å². The summed E-state index contributed by atoms with van der Waals surface area (Å²) in [7, 11) is -1.04. The molecule has 0 spiro atoms. The standard InChI is InChI=1S/C15H24N2OS/c1-11(17-19(18)15(2,3)4)12-6-5-7-14(10-12)16-13-8-9-13/h5-7,10-11,13,16-17H,8-9H2,1-4H3/t11-,19?/m1/s1. The molecule has 1 aliphatic rings. The van der Waals surface area contributed by atoms with E-state index in [-0.39, 0.29) is 10.8 Å². The molecule has 3 nitrogen and oxygen atoms in total. The number of hydrogen-bond donors (Lipinski definition) is 2. The Balaban J connectivity index is 2.01. The predicted molar refractivity (Wildman–Crippen MR) is 82.5 cm³/mol. The van der Waals surface area contributed by atoms with Gasteiger partial charge >= 0.3 is 0 Å². The van der Waals surface area contributed by atoms with Gasteiger partial charge in [-0.1, -0.05) is 12.1 Å². The van der Waals surface area contributed by atoms with Crippen LogP contribution in [0.15, 0.2) is 24.3 Å². The number of nitrogens with one attached hydrogen (secondary N) is 2. The van der Waals surface area contributed by atoms with Crippen LogP contribution >= 0.6 is 0 Å². The lowest BCUT2D eigenvalue weighted by molar-refractivity contribution is 0.616. The molecular weight excluding hydrogens is 256 g/mol. The summed E-state index contributed by atoms with van der Waals surface area (Å²) in [6.07, 6.45) is 2.54. The lowest BCUT2D eigenvalue weighted by Crippen LogP contribution is -2.34. The van der Waals surface area contributed by atoms with Gasteiger partial charge in [0.25, 0.3) is 0 Å². The zero-order valence-corrected chi connectivity index (χ0v) is 13.0. The Morgan fingerprint density at radius 3 is 2.58 bits per heavy atom. The third-order valence-corrected chi connectivity index (χ3v) is 4.85. The van der Waals surface area contributed by atoms with Gasteiger partial charge in [-0.15, -0.1) is 0 Å². The lowest BCUT2D eigenvalue weighted by Gasteiger charge is -2.22. The molecule has 19 heavy (non-hydrogen) atoms. The van der Waals surface area contributed by atoms with Crippen molar-refractivity contribution in [2.24, 2.45) is 0 Å². The van der Waals surface area contributed by atoms with Crippen molar-refractivity contribution in [1.29, 1.82) is 0 Å². The quantitative estimate of drug-likeness (QED) is 0.868. The van der Waals surface area contributed by atoms with Crippen molar-refractivity contribution in [1.82, 2.24) is 4.72 Å². The molecule has 0 aliphatic heterocycles. The molecule has 0 aromatic heterocycles. The highest BCUT2D eigenvalue weighted by atomic mass is 32.2. The van der Waals surface area contributed by atoms with Gasteiger partial charge < -0.3 is 5.32 Å². The molecule has 0 radical (unpaired) electrons. The van der Waals surface area contributed by atoms with E-state index < -0.39 is 11.0 Å². The Morgan fingerprint density at radius 2 is 2.00 bits per heavy atom. The maximum absolute atomic E-state index is 12.1. The molecule has 2 atom stereocenters. The van der Waals surface area contributed by atoms with E-state index in [9.17, 15) is 4.21 Å². The van der Waals surface area contributed by atoms with Crippen LogP contribution in [0.3, 0.4) is 0 Å². The van der Waals surface area contributed by atoms with Gasteiger partial charge in [0.1, 0.15) is 0 Å². The second-order valence-corrected chi connectivity index (χ2v) is 8.26. The summed E-state index contributed by atoms with van der Waals surface area (Å²) < 4.78 is 15.0. The first-order valence-electron chi connectivity index (χ1n) is 6.91. The largest absolute Gasteiger partial charge is 0.382 e. The Bertz CT molecular complexity index is 463. The Labute approximate surface area is 118 Å². The van der Waals surface area contributed by atoms with Crippen molar-refractivity contribution in [3.63, 3.8) is 0 Å². The highest BCUT2D eigenvalue weighted by Crippen LogP contribution is 2.26. The number of hydrogen-bond acceptors (Lipinski definition) is 2. The normalized spacial score (nSPS) is 18.9. The van der Waals surface area contributed by atoms with Crippen molar-refractivity contribution in [2.45, 2.75) is 57.4 Å². The first-order valence-corrected chi connectivity index (χ1v) is 8.06. The summed E-state index contributed by atoms with van der Waals surface area (Å²) >= 11 is 0. The molecule has 1 aromatic rings. The van der Waals surface area contributed by atoms with Gasteiger partial charge in [0.05, 0.1) is 15.7 Å². The molecule has 1 fully saturated rings. The van der Waals surface area contributed by atoms with Crippen LogP contribution in [0.1, 0.15) is 52.1 Å². The van der Waals surface area contributed by atoms with E-state index in [1.165, 1.54) is 18.4 Å². The second-order valence-electron chi connectivity index (χ2n) is 6.26. The fourth-order valence-corrected chi connectivity index (χ4v) is 2.58. The van der Waals surface area contributed by atoms with Crippen LogP contribution in [0.5, 0.6) is 0 Å². The van der Waals surface area contributed by atoms with Crippen molar-refractivity contribution in [3.8, 4) is 0 Å². The summed E-state index contributed by atoms with van der Waals surface area (Å²) in [5.41, 5.74) is 2.33. The SMILES string of the molecule is C[C@@H](NS(=O)C(C)(C)C)c1cccc(NC2CC2)c1. The maximum Gasteiger partial charge on any atom is 0.0975 e. The summed E-state index contributed by atoms with van der Waals surface area (Å²) in [5, 5.41) is 3.49. The van der Waals surface area contributed by atoms with Gasteiger partial charge in [0.2, 0.25) is 0 Å². The molecule has 0 bridgehead atoms. The van der Waals surface area contributed by atoms with Gasteiger partial charge in [-0.05, 0) is 58.2 Å². The van der Waals surface area contributed by atoms with Gasteiger partial charge in [-0.3, -0.25) is 0 Å². The van der Waals surface area contributed by atoms with Gasteiger partial charge in [0, 0.05) is 17.8 Å². The summed E-state index contributed by atoms with van der Waals surface area (Å²) in [6, 6.07) is 9.11. The van der Waals surface area contributed by atoms with Crippen molar-refractivity contribution >= 4 is 16.7 Å². The lowest BCUT2D eigenvalue weighted by atomic mass is 10.1. The molecule has 0 saturated heterocycles. The molecular formula is C15H24N2OS. The van der Waals surface area contributed by atoms with Gasteiger partial charge in [0.15, 0.2) is 0 Å². The second kappa shape index (κ2) is 5.63. The zero-order chi connectivity index (χ0) is 14.0.